The number of unbranched alkanes of at least 4 members (excludes halogenated alkanes) is 4. The molecule has 0 aliphatic heterocycles. The normalized spacial score (nSPS) is 12.7. The van der Waals surface area contributed by atoms with Crippen LogP contribution < -0.4 is 4.57 Å². The SMILES string of the molecule is CCCCn1cc[n+](CCCCCCOC(=O)C2=C=CC=C2)c1. The van der Waals surface area contributed by atoms with Crippen LogP contribution in [0.25, 0.3) is 0 Å². The number of hydrogen-bond donors (Lipinski definition) is 0. The Kier molecular flexibility index (Phi) is 7.41. The second-order valence-corrected chi connectivity index (χ2v) is 5.88. The number of nitrogens with zero attached hydrogens (tertiary/aromatic N) is 2. The maximum Gasteiger partial charge on any atom is 0.346 e. The Bertz CT molecular complexity index is 592. The maximum atomic E-state index is 11.6. The zero-order valence-corrected chi connectivity index (χ0v) is 14.0. The number of allylic oxidation sites excluding steroid dienone is 1. The summed E-state index contributed by atoms with van der Waals surface area (Å²) >= 11 is 0. The van der Waals surface area contributed by atoms with Crippen LogP contribution >= 0.6 is 0 Å². The first-order chi connectivity index (χ1) is 11.3. The minimum Gasteiger partial charge on any atom is -0.462 e. The van der Waals surface area contributed by atoms with Crippen LogP contribution in [-0.2, 0) is 22.6 Å². The Hall–Kier alpha value is -2.06. The van der Waals surface area contributed by atoms with Crippen molar-refractivity contribution in [3.63, 3.8) is 0 Å². The van der Waals surface area contributed by atoms with Gasteiger partial charge in [0.25, 0.3) is 0 Å². The summed E-state index contributed by atoms with van der Waals surface area (Å²) in [5.74, 6) is -0.265. The van der Waals surface area contributed by atoms with E-state index in [4.69, 9.17) is 4.74 Å². The minimum atomic E-state index is -0.265. The quantitative estimate of drug-likeness (QED) is 0.272. The number of aromatic nitrogens is 2. The number of ether oxygens (including phenoxy) is 1. The van der Waals surface area contributed by atoms with Crippen molar-refractivity contribution in [2.75, 3.05) is 6.61 Å². The van der Waals surface area contributed by atoms with E-state index < -0.39 is 0 Å². The van der Waals surface area contributed by atoms with Gasteiger partial charge in [-0.2, -0.15) is 0 Å². The van der Waals surface area contributed by atoms with Gasteiger partial charge >= 0.3 is 5.97 Å². The first-order valence-corrected chi connectivity index (χ1v) is 8.65. The van der Waals surface area contributed by atoms with Crippen LogP contribution in [0.5, 0.6) is 0 Å². The molecule has 0 spiro atoms. The van der Waals surface area contributed by atoms with Crippen molar-refractivity contribution in [1.82, 2.24) is 4.57 Å². The predicted octanol–water partition coefficient (Wildman–Crippen LogP) is 3.33. The van der Waals surface area contributed by atoms with E-state index in [0.29, 0.717) is 12.2 Å². The van der Waals surface area contributed by atoms with Crippen LogP contribution in [0, 0.1) is 0 Å². The maximum absolute atomic E-state index is 11.6. The lowest BCUT2D eigenvalue weighted by molar-refractivity contribution is -0.696. The molecule has 0 fully saturated rings. The largest absolute Gasteiger partial charge is 0.462 e. The number of aryl methyl sites for hydroxylation is 2. The molecule has 1 aromatic heterocycles. The standard InChI is InChI=1S/C19H27N2O2/c1-2-3-12-20-14-15-21(17-20)13-8-4-5-9-16-23-19(22)18-10-6-7-11-18/h6-7,10,14-15,17H,2-5,8-9,12-13,16H2,1H3/q+1. The van der Waals surface area contributed by atoms with Crippen molar-refractivity contribution >= 4 is 5.97 Å². The van der Waals surface area contributed by atoms with Crippen LogP contribution in [0.2, 0.25) is 0 Å². The van der Waals surface area contributed by atoms with Crippen molar-refractivity contribution in [2.24, 2.45) is 0 Å². The number of imidazole rings is 1. The van der Waals surface area contributed by atoms with Crippen LogP contribution in [0.3, 0.4) is 0 Å². The lowest BCUT2D eigenvalue weighted by atomic mass is 10.2. The molecule has 1 aliphatic carbocycles. The molecule has 0 N–H and O–H groups in total. The van der Waals surface area contributed by atoms with Gasteiger partial charge in [-0.15, -0.1) is 5.73 Å². The minimum absolute atomic E-state index is 0.265. The molecule has 0 radical (unpaired) electrons. The summed E-state index contributed by atoms with van der Waals surface area (Å²) in [5.41, 5.74) is 3.37. The summed E-state index contributed by atoms with van der Waals surface area (Å²) < 4.78 is 9.72. The Morgan fingerprint density at radius 1 is 1.26 bits per heavy atom. The van der Waals surface area contributed by atoms with Crippen molar-refractivity contribution < 1.29 is 14.1 Å². The average molecular weight is 315 g/mol. The second kappa shape index (κ2) is 9.86. The van der Waals surface area contributed by atoms with Crippen molar-refractivity contribution in [1.29, 1.82) is 0 Å². The van der Waals surface area contributed by atoms with E-state index in [0.717, 1.165) is 38.8 Å². The van der Waals surface area contributed by atoms with Gasteiger partial charge in [0.05, 0.1) is 19.7 Å². The number of esters is 1. The summed E-state index contributed by atoms with van der Waals surface area (Å²) in [7, 11) is 0. The molecule has 0 amide bonds. The van der Waals surface area contributed by atoms with Gasteiger partial charge in [0.1, 0.15) is 18.0 Å². The third kappa shape index (κ3) is 6.29. The van der Waals surface area contributed by atoms with Gasteiger partial charge in [-0.3, -0.25) is 0 Å². The van der Waals surface area contributed by atoms with Crippen molar-refractivity contribution in [2.45, 2.75) is 58.5 Å². The first-order valence-electron chi connectivity index (χ1n) is 8.65. The van der Waals surface area contributed by atoms with Gasteiger partial charge in [0.15, 0.2) is 0 Å². The van der Waals surface area contributed by atoms with E-state index >= 15 is 0 Å². The summed E-state index contributed by atoms with van der Waals surface area (Å²) in [5, 5.41) is 0. The van der Waals surface area contributed by atoms with E-state index in [1.807, 2.05) is 0 Å². The number of carbonyl (C=O) groups excluding carboxylic acids is 1. The lowest BCUT2D eigenvalue weighted by Crippen LogP contribution is -2.30. The molecule has 4 nitrogen and oxygen atoms in total. The van der Waals surface area contributed by atoms with Gasteiger partial charge in [-0.05, 0) is 44.3 Å². The van der Waals surface area contributed by atoms with E-state index in [1.165, 1.54) is 12.8 Å². The van der Waals surface area contributed by atoms with E-state index in [1.54, 1.807) is 18.2 Å². The summed E-state index contributed by atoms with van der Waals surface area (Å²) in [6.45, 7) is 4.88. The zero-order chi connectivity index (χ0) is 16.3. The van der Waals surface area contributed by atoms with Crippen molar-refractivity contribution in [3.8, 4) is 0 Å². The molecular formula is C19H27N2O2+. The summed E-state index contributed by atoms with van der Waals surface area (Å²) in [6, 6.07) is 0. The fourth-order valence-corrected chi connectivity index (χ4v) is 2.49. The molecule has 0 unspecified atom stereocenters. The van der Waals surface area contributed by atoms with E-state index in [9.17, 15) is 4.79 Å². The molecule has 2 rings (SSSR count). The summed E-state index contributed by atoms with van der Waals surface area (Å²) in [4.78, 5) is 11.6. The number of rotatable bonds is 11. The number of hydrogen-bond acceptors (Lipinski definition) is 2. The van der Waals surface area contributed by atoms with Crippen molar-refractivity contribution in [3.05, 3.63) is 48.3 Å². The molecule has 1 aromatic rings. The smallest absolute Gasteiger partial charge is 0.346 e. The topological polar surface area (TPSA) is 35.1 Å². The Labute approximate surface area is 138 Å². The molecular weight excluding hydrogens is 288 g/mol. The third-order valence-electron chi connectivity index (χ3n) is 3.88. The Morgan fingerprint density at radius 2 is 2.13 bits per heavy atom. The first kappa shape index (κ1) is 17.3. The number of carbonyl (C=O) groups is 1. The lowest BCUT2D eigenvalue weighted by Gasteiger charge is -2.03. The fraction of sp³-hybridized carbons (Fsp3) is 0.526. The Morgan fingerprint density at radius 3 is 2.91 bits per heavy atom. The molecule has 124 valence electrons. The summed E-state index contributed by atoms with van der Waals surface area (Å²) in [6.07, 6.45) is 18.5. The monoisotopic (exact) mass is 315 g/mol. The van der Waals surface area contributed by atoms with Gasteiger partial charge in [0.2, 0.25) is 6.33 Å². The highest BCUT2D eigenvalue weighted by molar-refractivity contribution is 5.92. The molecule has 4 heteroatoms. The van der Waals surface area contributed by atoms with Crippen LogP contribution in [0.4, 0.5) is 0 Å². The predicted molar refractivity (Wildman–Crippen MR) is 89.7 cm³/mol. The van der Waals surface area contributed by atoms with Crippen LogP contribution in [0.1, 0.15) is 45.4 Å². The molecule has 1 heterocycles. The highest BCUT2D eigenvalue weighted by atomic mass is 16.5. The average Bonchev–Trinajstić information content (AvgIpc) is 3.23. The van der Waals surface area contributed by atoms with Crippen LogP contribution in [0.15, 0.2) is 48.3 Å². The molecule has 0 atom stereocenters. The second-order valence-electron chi connectivity index (χ2n) is 5.88. The highest BCUT2D eigenvalue weighted by Gasteiger charge is 2.08. The van der Waals surface area contributed by atoms with Gasteiger partial charge in [-0.25, -0.2) is 13.9 Å². The molecule has 23 heavy (non-hydrogen) atoms. The molecule has 0 aromatic carbocycles. The fourth-order valence-electron chi connectivity index (χ4n) is 2.49. The van der Waals surface area contributed by atoms with E-state index in [-0.39, 0.29) is 5.97 Å². The molecule has 0 saturated heterocycles. The molecule has 1 aliphatic rings. The zero-order valence-electron chi connectivity index (χ0n) is 14.0. The molecule has 0 saturated carbocycles. The van der Waals surface area contributed by atoms with Gasteiger partial charge in [-0.1, -0.05) is 19.4 Å². The molecule has 0 bridgehead atoms. The van der Waals surface area contributed by atoms with E-state index in [2.05, 4.69) is 40.5 Å². The van der Waals surface area contributed by atoms with Crippen LogP contribution in [-0.4, -0.2) is 17.1 Å². The van der Waals surface area contributed by atoms with Gasteiger partial charge < -0.3 is 4.74 Å². The third-order valence-corrected chi connectivity index (χ3v) is 3.88. The Balaban J connectivity index is 1.49. The van der Waals surface area contributed by atoms with Gasteiger partial charge in [0, 0.05) is 0 Å². The highest BCUT2D eigenvalue weighted by Crippen LogP contribution is 2.06.